The average molecular weight is 349 g/mol. The molecule has 0 aliphatic carbocycles. The third-order valence-corrected chi connectivity index (χ3v) is 4.44. The van der Waals surface area contributed by atoms with Crippen molar-refractivity contribution in [2.75, 3.05) is 12.4 Å². The van der Waals surface area contributed by atoms with Gasteiger partial charge in [-0.15, -0.1) is 0 Å². The van der Waals surface area contributed by atoms with E-state index in [0.29, 0.717) is 12.5 Å². The number of nitrogens with one attached hydrogen (secondary N) is 1. The zero-order valence-corrected chi connectivity index (χ0v) is 15.5. The highest BCUT2D eigenvalue weighted by molar-refractivity contribution is 5.62. The van der Waals surface area contributed by atoms with Crippen LogP contribution in [0, 0.1) is 20.8 Å². The standard InChI is InChI=1S/C21H23N3O2/c1-14-10-15(2)16(3)18(11-14)22-21-23-20(25)19(26-4)13-24(21)12-17-8-6-5-7-9-17/h5-11,13H,12H2,1-4H3,(H,22,23,25). The number of benzene rings is 2. The Bertz CT molecular complexity index is 979. The molecule has 0 saturated carbocycles. The van der Waals surface area contributed by atoms with Gasteiger partial charge in [-0.3, -0.25) is 4.79 Å². The molecule has 0 unspecified atom stereocenters. The number of anilines is 2. The van der Waals surface area contributed by atoms with Crippen molar-refractivity contribution in [3.63, 3.8) is 0 Å². The van der Waals surface area contributed by atoms with Crippen molar-refractivity contribution in [2.24, 2.45) is 0 Å². The van der Waals surface area contributed by atoms with Crippen molar-refractivity contribution in [2.45, 2.75) is 27.3 Å². The Balaban J connectivity index is 2.05. The van der Waals surface area contributed by atoms with Gasteiger partial charge in [0.1, 0.15) is 0 Å². The molecule has 3 aromatic rings. The number of hydrogen-bond donors (Lipinski definition) is 1. The molecule has 0 atom stereocenters. The summed E-state index contributed by atoms with van der Waals surface area (Å²) in [5.41, 5.74) is 5.15. The fourth-order valence-corrected chi connectivity index (χ4v) is 2.90. The summed E-state index contributed by atoms with van der Waals surface area (Å²) >= 11 is 0. The van der Waals surface area contributed by atoms with Gasteiger partial charge in [0.05, 0.1) is 19.9 Å². The Kier molecular flexibility index (Phi) is 5.07. The molecule has 26 heavy (non-hydrogen) atoms. The van der Waals surface area contributed by atoms with Crippen LogP contribution >= 0.6 is 0 Å². The molecule has 134 valence electrons. The maximum Gasteiger partial charge on any atom is 0.316 e. The maximum atomic E-state index is 12.2. The van der Waals surface area contributed by atoms with Crippen LogP contribution in [0.15, 0.2) is 53.5 Å². The van der Waals surface area contributed by atoms with E-state index in [-0.39, 0.29) is 11.3 Å². The topological polar surface area (TPSA) is 56.1 Å². The molecule has 0 radical (unpaired) electrons. The third-order valence-electron chi connectivity index (χ3n) is 4.44. The quantitative estimate of drug-likeness (QED) is 0.757. The lowest BCUT2D eigenvalue weighted by molar-refractivity contribution is 0.402. The predicted molar refractivity (Wildman–Crippen MR) is 105 cm³/mol. The number of methoxy groups -OCH3 is 1. The molecule has 0 fully saturated rings. The monoisotopic (exact) mass is 349 g/mol. The fourth-order valence-electron chi connectivity index (χ4n) is 2.90. The van der Waals surface area contributed by atoms with E-state index in [1.807, 2.05) is 34.9 Å². The number of aromatic nitrogens is 2. The molecule has 0 saturated heterocycles. The second-order valence-corrected chi connectivity index (χ2v) is 6.43. The maximum absolute atomic E-state index is 12.2. The van der Waals surface area contributed by atoms with Crippen LogP contribution in [-0.4, -0.2) is 16.7 Å². The van der Waals surface area contributed by atoms with Crippen LogP contribution in [-0.2, 0) is 6.54 Å². The van der Waals surface area contributed by atoms with Gasteiger partial charge in [0.2, 0.25) is 11.7 Å². The van der Waals surface area contributed by atoms with Gasteiger partial charge in [0.25, 0.3) is 0 Å². The van der Waals surface area contributed by atoms with Crippen LogP contribution in [0.1, 0.15) is 22.3 Å². The third kappa shape index (κ3) is 3.77. The summed E-state index contributed by atoms with van der Waals surface area (Å²) in [7, 11) is 1.48. The van der Waals surface area contributed by atoms with E-state index in [1.54, 1.807) is 6.20 Å². The highest BCUT2D eigenvalue weighted by atomic mass is 16.5. The molecule has 0 aliphatic rings. The minimum Gasteiger partial charge on any atom is -0.490 e. The van der Waals surface area contributed by atoms with Gasteiger partial charge < -0.3 is 14.6 Å². The van der Waals surface area contributed by atoms with Gasteiger partial charge in [-0.25, -0.2) is 0 Å². The second-order valence-electron chi connectivity index (χ2n) is 6.43. The smallest absolute Gasteiger partial charge is 0.316 e. The Morgan fingerprint density at radius 2 is 1.85 bits per heavy atom. The summed E-state index contributed by atoms with van der Waals surface area (Å²) in [6.07, 6.45) is 1.70. The molecule has 3 rings (SSSR count). The molecule has 0 amide bonds. The predicted octanol–water partition coefficient (Wildman–Crippen LogP) is 3.97. The molecule has 0 bridgehead atoms. The van der Waals surface area contributed by atoms with Gasteiger partial charge in [-0.1, -0.05) is 36.4 Å². The van der Waals surface area contributed by atoms with Crippen molar-refractivity contribution in [3.8, 4) is 5.75 Å². The van der Waals surface area contributed by atoms with E-state index in [0.717, 1.165) is 22.4 Å². The Morgan fingerprint density at radius 3 is 2.54 bits per heavy atom. The molecule has 1 N–H and O–H groups in total. The van der Waals surface area contributed by atoms with E-state index in [4.69, 9.17) is 4.74 Å². The fraction of sp³-hybridized carbons (Fsp3) is 0.238. The summed E-state index contributed by atoms with van der Waals surface area (Å²) in [5, 5.41) is 3.33. The molecule has 5 heteroatoms. The van der Waals surface area contributed by atoms with Crippen LogP contribution in [0.2, 0.25) is 0 Å². The zero-order chi connectivity index (χ0) is 18.7. The summed E-state index contributed by atoms with van der Waals surface area (Å²) < 4.78 is 7.06. The molecule has 0 spiro atoms. The highest BCUT2D eigenvalue weighted by Crippen LogP contribution is 2.24. The van der Waals surface area contributed by atoms with Crippen LogP contribution in [0.5, 0.6) is 5.75 Å². The minimum absolute atomic E-state index is 0.226. The zero-order valence-electron chi connectivity index (χ0n) is 15.5. The first-order valence-corrected chi connectivity index (χ1v) is 8.52. The Morgan fingerprint density at radius 1 is 1.12 bits per heavy atom. The van der Waals surface area contributed by atoms with E-state index in [2.05, 4.69) is 43.2 Å². The molecule has 0 aliphatic heterocycles. The molecule has 1 heterocycles. The lowest BCUT2D eigenvalue weighted by Gasteiger charge is -2.17. The van der Waals surface area contributed by atoms with E-state index >= 15 is 0 Å². The SMILES string of the molecule is COc1cn(Cc2ccccc2)c(Nc2cc(C)cc(C)c2C)nc1=O. The van der Waals surface area contributed by atoms with Gasteiger partial charge >= 0.3 is 5.56 Å². The van der Waals surface area contributed by atoms with Crippen molar-refractivity contribution >= 4 is 11.6 Å². The minimum atomic E-state index is -0.388. The first-order valence-electron chi connectivity index (χ1n) is 8.52. The number of rotatable bonds is 5. The number of nitrogens with zero attached hydrogens (tertiary/aromatic N) is 2. The van der Waals surface area contributed by atoms with Gasteiger partial charge in [0.15, 0.2) is 0 Å². The summed E-state index contributed by atoms with van der Waals surface area (Å²) in [6.45, 7) is 6.76. The van der Waals surface area contributed by atoms with Crippen LogP contribution in [0.4, 0.5) is 11.6 Å². The number of hydrogen-bond acceptors (Lipinski definition) is 4. The summed E-state index contributed by atoms with van der Waals surface area (Å²) in [4.78, 5) is 16.4. The average Bonchev–Trinajstić information content (AvgIpc) is 2.62. The lowest BCUT2D eigenvalue weighted by Crippen LogP contribution is -2.19. The normalized spacial score (nSPS) is 10.6. The van der Waals surface area contributed by atoms with Crippen LogP contribution in [0.25, 0.3) is 0 Å². The summed E-state index contributed by atoms with van der Waals surface area (Å²) in [5.74, 6) is 0.719. The largest absolute Gasteiger partial charge is 0.490 e. The van der Waals surface area contributed by atoms with E-state index < -0.39 is 0 Å². The van der Waals surface area contributed by atoms with E-state index in [1.165, 1.54) is 12.7 Å². The van der Waals surface area contributed by atoms with Gasteiger partial charge in [-0.05, 0) is 49.1 Å². The van der Waals surface area contributed by atoms with Crippen molar-refractivity contribution < 1.29 is 4.74 Å². The number of aryl methyl sites for hydroxylation is 2. The van der Waals surface area contributed by atoms with Gasteiger partial charge in [-0.2, -0.15) is 4.98 Å². The van der Waals surface area contributed by atoms with Crippen LogP contribution in [0.3, 0.4) is 0 Å². The molecular formula is C21H23N3O2. The van der Waals surface area contributed by atoms with E-state index in [9.17, 15) is 4.79 Å². The Labute approximate surface area is 153 Å². The highest BCUT2D eigenvalue weighted by Gasteiger charge is 2.12. The first-order chi connectivity index (χ1) is 12.5. The molecule has 5 nitrogen and oxygen atoms in total. The first kappa shape index (κ1) is 17.7. The van der Waals surface area contributed by atoms with Gasteiger partial charge in [0, 0.05) is 5.69 Å². The number of ether oxygens (including phenoxy) is 1. The lowest BCUT2D eigenvalue weighted by atomic mass is 10.0. The van der Waals surface area contributed by atoms with Crippen molar-refractivity contribution in [3.05, 3.63) is 81.3 Å². The van der Waals surface area contributed by atoms with Crippen molar-refractivity contribution in [1.82, 2.24) is 9.55 Å². The summed E-state index contributed by atoms with van der Waals surface area (Å²) in [6, 6.07) is 14.2. The second kappa shape index (κ2) is 7.44. The molecule has 2 aromatic carbocycles. The molecule has 1 aromatic heterocycles. The van der Waals surface area contributed by atoms with Crippen molar-refractivity contribution in [1.29, 1.82) is 0 Å². The molecular weight excluding hydrogens is 326 g/mol. The van der Waals surface area contributed by atoms with Crippen LogP contribution < -0.4 is 15.6 Å². The Hall–Kier alpha value is -3.08.